The highest BCUT2D eigenvalue weighted by Gasteiger charge is 2.38. The monoisotopic (exact) mass is 243 g/mol. The van der Waals surface area contributed by atoms with Crippen LogP contribution in [0.3, 0.4) is 0 Å². The zero-order valence-corrected chi connectivity index (χ0v) is 11.2. The fourth-order valence-corrected chi connectivity index (χ4v) is 2.13. The smallest absolute Gasteiger partial charge is 0.234 e. The minimum absolute atomic E-state index is 0.0373. The first-order valence-electron chi connectivity index (χ1n) is 6.24. The van der Waals surface area contributed by atoms with Crippen LogP contribution in [0.4, 0.5) is 0 Å². The first-order chi connectivity index (χ1) is 8.10. The van der Waals surface area contributed by atoms with Gasteiger partial charge in [0.1, 0.15) is 0 Å². The van der Waals surface area contributed by atoms with Gasteiger partial charge in [-0.25, -0.2) is 0 Å². The van der Waals surface area contributed by atoms with Gasteiger partial charge in [0.15, 0.2) is 0 Å². The Morgan fingerprint density at radius 2 is 2.12 bits per heavy atom. The molecule has 0 aromatic rings. The van der Waals surface area contributed by atoms with Crippen LogP contribution < -0.4 is 10.6 Å². The van der Waals surface area contributed by atoms with E-state index in [1.165, 1.54) is 19.3 Å². The van der Waals surface area contributed by atoms with Crippen molar-refractivity contribution in [2.45, 2.75) is 24.8 Å². The number of methoxy groups -OCH3 is 1. The van der Waals surface area contributed by atoms with Gasteiger partial charge in [-0.1, -0.05) is 0 Å². The summed E-state index contributed by atoms with van der Waals surface area (Å²) in [6.45, 7) is 2.42. The fourth-order valence-electron chi connectivity index (χ4n) is 2.13. The molecule has 17 heavy (non-hydrogen) atoms. The van der Waals surface area contributed by atoms with Crippen LogP contribution in [0.25, 0.3) is 0 Å². The van der Waals surface area contributed by atoms with E-state index in [-0.39, 0.29) is 11.4 Å². The van der Waals surface area contributed by atoms with Crippen molar-refractivity contribution in [3.63, 3.8) is 0 Å². The van der Waals surface area contributed by atoms with Gasteiger partial charge >= 0.3 is 0 Å². The number of ether oxygens (including phenoxy) is 1. The van der Waals surface area contributed by atoms with Gasteiger partial charge in [-0.3, -0.25) is 4.79 Å². The van der Waals surface area contributed by atoms with Crippen molar-refractivity contribution in [3.8, 4) is 0 Å². The van der Waals surface area contributed by atoms with E-state index < -0.39 is 0 Å². The van der Waals surface area contributed by atoms with Crippen LogP contribution in [0.1, 0.15) is 19.3 Å². The van der Waals surface area contributed by atoms with Crippen molar-refractivity contribution in [2.24, 2.45) is 0 Å². The van der Waals surface area contributed by atoms with Crippen LogP contribution in [-0.2, 0) is 9.53 Å². The molecule has 0 radical (unpaired) electrons. The molecular weight excluding hydrogens is 218 g/mol. The van der Waals surface area contributed by atoms with E-state index >= 15 is 0 Å². The van der Waals surface area contributed by atoms with E-state index in [4.69, 9.17) is 4.74 Å². The molecule has 0 saturated heterocycles. The highest BCUT2D eigenvalue weighted by Crippen LogP contribution is 2.35. The predicted molar refractivity (Wildman–Crippen MR) is 68.0 cm³/mol. The van der Waals surface area contributed by atoms with Gasteiger partial charge in [0, 0.05) is 25.7 Å². The Hall–Kier alpha value is -0.650. The molecule has 0 aliphatic heterocycles. The number of hydrogen-bond acceptors (Lipinski definition) is 4. The molecular formula is C12H25N3O2. The van der Waals surface area contributed by atoms with Gasteiger partial charge in [0.2, 0.25) is 5.91 Å². The Morgan fingerprint density at radius 1 is 1.41 bits per heavy atom. The first kappa shape index (κ1) is 14.4. The summed E-state index contributed by atoms with van der Waals surface area (Å²) in [5, 5.41) is 6.04. The average molecular weight is 243 g/mol. The molecule has 2 N–H and O–H groups in total. The van der Waals surface area contributed by atoms with Gasteiger partial charge in [-0.15, -0.1) is 0 Å². The Balaban J connectivity index is 2.12. The van der Waals surface area contributed by atoms with E-state index in [1.54, 1.807) is 7.11 Å². The van der Waals surface area contributed by atoms with Gasteiger partial charge < -0.3 is 20.3 Å². The maximum absolute atomic E-state index is 11.4. The molecule has 1 aliphatic rings. The Morgan fingerprint density at radius 3 is 2.59 bits per heavy atom. The van der Waals surface area contributed by atoms with Gasteiger partial charge in [-0.2, -0.15) is 0 Å². The molecule has 1 rings (SSSR count). The second-order valence-corrected chi connectivity index (χ2v) is 4.92. The molecule has 0 spiro atoms. The normalized spacial score (nSPS) is 17.9. The van der Waals surface area contributed by atoms with Crippen molar-refractivity contribution in [1.82, 2.24) is 15.5 Å². The van der Waals surface area contributed by atoms with Crippen LogP contribution in [0.15, 0.2) is 0 Å². The number of carbonyl (C=O) groups excluding carboxylic acids is 1. The van der Waals surface area contributed by atoms with Crippen molar-refractivity contribution >= 4 is 5.91 Å². The third kappa shape index (κ3) is 4.26. The minimum atomic E-state index is 0.0373. The number of likely N-dealkylation sites (N-methyl/N-ethyl adjacent to an activating group) is 1. The van der Waals surface area contributed by atoms with Crippen LogP contribution in [0, 0.1) is 0 Å². The van der Waals surface area contributed by atoms with Gasteiger partial charge in [-0.05, 0) is 33.4 Å². The van der Waals surface area contributed by atoms with E-state index in [9.17, 15) is 4.79 Å². The number of hydrogen-bond donors (Lipinski definition) is 2. The maximum atomic E-state index is 11.4. The molecule has 1 fully saturated rings. The number of amides is 1. The highest BCUT2D eigenvalue weighted by molar-refractivity contribution is 5.77. The summed E-state index contributed by atoms with van der Waals surface area (Å²) in [6.07, 6.45) is 3.73. The zero-order valence-electron chi connectivity index (χ0n) is 11.2. The largest absolute Gasteiger partial charge is 0.383 e. The highest BCUT2D eigenvalue weighted by atomic mass is 16.5. The number of nitrogens with one attached hydrogen (secondary N) is 2. The van der Waals surface area contributed by atoms with Crippen molar-refractivity contribution in [3.05, 3.63) is 0 Å². The molecule has 100 valence electrons. The van der Waals surface area contributed by atoms with E-state index in [1.807, 2.05) is 0 Å². The predicted octanol–water partition coefficient (Wildman–Crippen LogP) is -0.177. The Labute approximate surface area is 104 Å². The fraction of sp³-hybridized carbons (Fsp3) is 0.917. The molecule has 1 saturated carbocycles. The molecule has 1 amide bonds. The SMILES string of the molecule is COCCNC(=O)CNCC1(N(C)C)CCC1. The average Bonchev–Trinajstić information content (AvgIpc) is 2.21. The molecule has 0 aromatic heterocycles. The van der Waals surface area contributed by atoms with E-state index in [2.05, 4.69) is 29.6 Å². The maximum Gasteiger partial charge on any atom is 0.234 e. The summed E-state index contributed by atoms with van der Waals surface area (Å²) in [5.74, 6) is 0.0373. The molecule has 0 atom stereocenters. The third-order valence-electron chi connectivity index (χ3n) is 3.60. The molecule has 0 unspecified atom stereocenters. The summed E-state index contributed by atoms with van der Waals surface area (Å²) >= 11 is 0. The lowest BCUT2D eigenvalue weighted by atomic mass is 9.75. The molecule has 5 heteroatoms. The van der Waals surface area contributed by atoms with Crippen LogP contribution in [-0.4, -0.2) is 63.8 Å². The Kier molecular flexibility index (Phi) is 5.88. The molecule has 0 bridgehead atoms. The lowest BCUT2D eigenvalue weighted by molar-refractivity contribution is -0.120. The van der Waals surface area contributed by atoms with E-state index in [0.717, 1.165) is 6.54 Å². The molecule has 5 nitrogen and oxygen atoms in total. The van der Waals surface area contributed by atoms with Gasteiger partial charge in [0.25, 0.3) is 0 Å². The summed E-state index contributed by atoms with van der Waals surface area (Å²) in [5.41, 5.74) is 0.271. The minimum Gasteiger partial charge on any atom is -0.383 e. The lowest BCUT2D eigenvalue weighted by Gasteiger charge is -2.47. The summed E-state index contributed by atoms with van der Waals surface area (Å²) in [7, 11) is 5.85. The lowest BCUT2D eigenvalue weighted by Crippen LogP contribution is -2.57. The number of carbonyl (C=O) groups is 1. The number of nitrogens with zero attached hydrogens (tertiary/aromatic N) is 1. The van der Waals surface area contributed by atoms with Crippen LogP contribution >= 0.6 is 0 Å². The summed E-state index contributed by atoms with van der Waals surface area (Å²) in [4.78, 5) is 13.7. The van der Waals surface area contributed by atoms with Gasteiger partial charge in [0.05, 0.1) is 13.2 Å². The molecule has 1 aliphatic carbocycles. The first-order valence-corrected chi connectivity index (χ1v) is 6.24. The van der Waals surface area contributed by atoms with Crippen LogP contribution in [0.2, 0.25) is 0 Å². The second-order valence-electron chi connectivity index (χ2n) is 4.92. The quantitative estimate of drug-likeness (QED) is 0.581. The summed E-state index contributed by atoms with van der Waals surface area (Å²) in [6, 6.07) is 0. The number of rotatable bonds is 8. The van der Waals surface area contributed by atoms with Crippen molar-refractivity contribution in [2.75, 3.05) is 47.4 Å². The Bertz CT molecular complexity index is 240. The third-order valence-corrected chi connectivity index (χ3v) is 3.60. The van der Waals surface area contributed by atoms with E-state index in [0.29, 0.717) is 19.7 Å². The van der Waals surface area contributed by atoms with Crippen molar-refractivity contribution < 1.29 is 9.53 Å². The van der Waals surface area contributed by atoms with Crippen LogP contribution in [0.5, 0.6) is 0 Å². The molecule has 0 heterocycles. The zero-order chi connectivity index (χ0) is 12.7. The standard InChI is InChI=1S/C12H25N3O2/c1-15(2)12(5-4-6-12)10-13-9-11(16)14-7-8-17-3/h13H,4-10H2,1-3H3,(H,14,16). The topological polar surface area (TPSA) is 53.6 Å². The molecule has 0 aromatic carbocycles. The second kappa shape index (κ2) is 6.93. The summed E-state index contributed by atoms with van der Waals surface area (Å²) < 4.78 is 4.87. The van der Waals surface area contributed by atoms with Crippen molar-refractivity contribution in [1.29, 1.82) is 0 Å².